The fraction of sp³-hybridized carbons (Fsp3) is 0.444. The van der Waals surface area contributed by atoms with E-state index in [9.17, 15) is 0 Å². The maximum absolute atomic E-state index is 5.56. The molecule has 128 valence electrons. The van der Waals surface area contributed by atoms with Gasteiger partial charge in [-0.25, -0.2) is 9.97 Å². The maximum Gasteiger partial charge on any atom is 0.225 e. The van der Waals surface area contributed by atoms with E-state index in [1.54, 1.807) is 7.11 Å². The topological polar surface area (TPSA) is 53.5 Å². The van der Waals surface area contributed by atoms with Gasteiger partial charge in [-0.15, -0.1) is 0 Å². The zero-order chi connectivity index (χ0) is 16.9. The van der Waals surface area contributed by atoms with Crippen molar-refractivity contribution in [1.29, 1.82) is 0 Å². The number of anilines is 1. The first-order valence-corrected chi connectivity index (χ1v) is 8.26. The van der Waals surface area contributed by atoms with Gasteiger partial charge in [-0.05, 0) is 12.1 Å². The van der Waals surface area contributed by atoms with E-state index in [0.717, 1.165) is 43.6 Å². The largest absolute Gasteiger partial charge is 0.496 e. The van der Waals surface area contributed by atoms with E-state index < -0.39 is 0 Å². The lowest BCUT2D eigenvalue weighted by Gasteiger charge is -2.36. The highest BCUT2D eigenvalue weighted by Crippen LogP contribution is 2.30. The summed E-state index contributed by atoms with van der Waals surface area (Å²) in [6.07, 6.45) is 1.83. The summed E-state index contributed by atoms with van der Waals surface area (Å²) in [5.41, 5.74) is 2.25. The molecular weight excluding hydrogens is 302 g/mol. The number of piperazine rings is 1. The molecule has 1 saturated heterocycles. The Balaban J connectivity index is 1.84. The molecule has 0 radical (unpaired) electrons. The Kier molecular flexibility index (Phi) is 5.27. The molecule has 6 nitrogen and oxygen atoms in total. The number of nitrogens with zero attached hydrogens (tertiary/aromatic N) is 4. The Morgan fingerprint density at radius 1 is 1.29 bits per heavy atom. The lowest BCUT2D eigenvalue weighted by Crippen LogP contribution is -2.45. The maximum atomic E-state index is 5.56. The van der Waals surface area contributed by atoms with Gasteiger partial charge >= 0.3 is 0 Å². The number of benzene rings is 1. The molecule has 0 spiro atoms. The van der Waals surface area contributed by atoms with Gasteiger partial charge in [-0.2, -0.15) is 0 Å². The summed E-state index contributed by atoms with van der Waals surface area (Å²) in [6, 6.07) is 10.5. The van der Waals surface area contributed by atoms with Crippen molar-refractivity contribution in [2.75, 3.05) is 45.7 Å². The minimum Gasteiger partial charge on any atom is -0.496 e. The third-order valence-electron chi connectivity index (χ3n) is 4.32. The highest BCUT2D eigenvalue weighted by Gasteiger charge is 2.26. The predicted octanol–water partition coefficient (Wildman–Crippen LogP) is 1.70. The molecule has 1 N–H and O–H groups in total. The second-order valence-electron chi connectivity index (χ2n) is 6.17. The Bertz CT molecular complexity index is 676. The number of ether oxygens (including phenoxy) is 1. The van der Waals surface area contributed by atoms with Crippen LogP contribution in [-0.2, 0) is 6.54 Å². The molecule has 1 aliphatic rings. The lowest BCUT2D eigenvalue weighted by atomic mass is 10.0. The molecule has 1 atom stereocenters. The van der Waals surface area contributed by atoms with Crippen molar-refractivity contribution in [3.8, 4) is 5.75 Å². The standard InChI is InChI=1S/C18H25N5O/c1-22(2)18-20-9-8-14(21-18)13-23-11-10-19-12-16(23)15-6-4-5-7-17(15)24-3/h4-9,16,19H,10-13H2,1-3H3. The molecule has 1 fully saturated rings. The second kappa shape index (κ2) is 7.59. The van der Waals surface area contributed by atoms with Crippen LogP contribution in [0.5, 0.6) is 5.75 Å². The summed E-state index contributed by atoms with van der Waals surface area (Å²) >= 11 is 0. The number of methoxy groups -OCH3 is 1. The molecule has 0 bridgehead atoms. The van der Waals surface area contributed by atoms with Gasteiger partial charge in [0.2, 0.25) is 5.95 Å². The Morgan fingerprint density at radius 3 is 2.92 bits per heavy atom. The third kappa shape index (κ3) is 3.66. The minimum absolute atomic E-state index is 0.271. The number of hydrogen-bond acceptors (Lipinski definition) is 6. The number of nitrogens with one attached hydrogen (secondary N) is 1. The fourth-order valence-corrected chi connectivity index (χ4v) is 3.08. The number of rotatable bonds is 5. The zero-order valence-corrected chi connectivity index (χ0v) is 14.6. The van der Waals surface area contributed by atoms with Gasteiger partial charge in [0.15, 0.2) is 0 Å². The van der Waals surface area contributed by atoms with E-state index in [4.69, 9.17) is 4.74 Å². The molecule has 24 heavy (non-hydrogen) atoms. The number of hydrogen-bond donors (Lipinski definition) is 1. The van der Waals surface area contributed by atoms with Crippen LogP contribution in [0.3, 0.4) is 0 Å². The number of para-hydroxylation sites is 1. The van der Waals surface area contributed by atoms with E-state index in [1.165, 1.54) is 5.56 Å². The van der Waals surface area contributed by atoms with Crippen LogP contribution in [0.2, 0.25) is 0 Å². The highest BCUT2D eigenvalue weighted by molar-refractivity contribution is 5.36. The van der Waals surface area contributed by atoms with Crippen molar-refractivity contribution >= 4 is 5.95 Å². The summed E-state index contributed by atoms with van der Waals surface area (Å²) in [7, 11) is 5.65. The lowest BCUT2D eigenvalue weighted by molar-refractivity contribution is 0.149. The summed E-state index contributed by atoms with van der Waals surface area (Å²) in [4.78, 5) is 13.3. The average Bonchev–Trinajstić information content (AvgIpc) is 2.62. The van der Waals surface area contributed by atoms with Crippen LogP contribution in [0.4, 0.5) is 5.95 Å². The quantitative estimate of drug-likeness (QED) is 0.902. The smallest absolute Gasteiger partial charge is 0.225 e. The van der Waals surface area contributed by atoms with Crippen LogP contribution in [0.1, 0.15) is 17.3 Å². The van der Waals surface area contributed by atoms with E-state index in [1.807, 2.05) is 43.4 Å². The first-order chi connectivity index (χ1) is 11.7. The monoisotopic (exact) mass is 327 g/mol. The molecule has 0 saturated carbocycles. The Hall–Kier alpha value is -2.18. The van der Waals surface area contributed by atoms with Crippen molar-refractivity contribution in [2.45, 2.75) is 12.6 Å². The Labute approximate surface area is 143 Å². The van der Waals surface area contributed by atoms with E-state index in [-0.39, 0.29) is 6.04 Å². The zero-order valence-electron chi connectivity index (χ0n) is 14.6. The van der Waals surface area contributed by atoms with Gasteiger partial charge < -0.3 is 15.0 Å². The predicted molar refractivity (Wildman–Crippen MR) is 95.4 cm³/mol. The SMILES string of the molecule is COc1ccccc1C1CNCCN1Cc1ccnc(N(C)C)n1. The van der Waals surface area contributed by atoms with Gasteiger partial charge in [-0.1, -0.05) is 18.2 Å². The minimum atomic E-state index is 0.271. The molecule has 6 heteroatoms. The van der Waals surface area contributed by atoms with Crippen LogP contribution in [0, 0.1) is 0 Å². The fourth-order valence-electron chi connectivity index (χ4n) is 3.08. The van der Waals surface area contributed by atoms with E-state index in [2.05, 4.69) is 32.3 Å². The summed E-state index contributed by atoms with van der Waals surface area (Å²) in [6.45, 7) is 3.67. The van der Waals surface area contributed by atoms with Gasteiger partial charge in [-0.3, -0.25) is 4.90 Å². The summed E-state index contributed by atoms with van der Waals surface area (Å²) in [5, 5.41) is 3.49. The summed E-state index contributed by atoms with van der Waals surface area (Å²) < 4.78 is 5.56. The molecule has 0 aliphatic carbocycles. The van der Waals surface area contributed by atoms with Crippen LogP contribution in [0.25, 0.3) is 0 Å². The first-order valence-electron chi connectivity index (χ1n) is 8.26. The second-order valence-corrected chi connectivity index (χ2v) is 6.17. The Morgan fingerprint density at radius 2 is 2.12 bits per heavy atom. The van der Waals surface area contributed by atoms with Gasteiger partial charge in [0.05, 0.1) is 18.8 Å². The molecule has 1 aromatic carbocycles. The first kappa shape index (κ1) is 16.7. The molecule has 0 amide bonds. The van der Waals surface area contributed by atoms with Gasteiger partial charge in [0.1, 0.15) is 5.75 Å². The van der Waals surface area contributed by atoms with Crippen molar-refractivity contribution in [2.24, 2.45) is 0 Å². The molecule has 1 aliphatic heterocycles. The third-order valence-corrected chi connectivity index (χ3v) is 4.32. The van der Waals surface area contributed by atoms with Crippen LogP contribution < -0.4 is 15.0 Å². The van der Waals surface area contributed by atoms with Crippen molar-refractivity contribution < 1.29 is 4.74 Å². The molecular formula is C18H25N5O. The number of aromatic nitrogens is 2. The molecule has 1 aromatic heterocycles. The normalized spacial score (nSPS) is 18.4. The van der Waals surface area contributed by atoms with E-state index in [0.29, 0.717) is 0 Å². The van der Waals surface area contributed by atoms with Crippen molar-refractivity contribution in [1.82, 2.24) is 20.2 Å². The van der Waals surface area contributed by atoms with Crippen molar-refractivity contribution in [3.63, 3.8) is 0 Å². The van der Waals surface area contributed by atoms with Crippen LogP contribution in [0.15, 0.2) is 36.5 Å². The molecule has 2 aromatic rings. The van der Waals surface area contributed by atoms with E-state index >= 15 is 0 Å². The van der Waals surface area contributed by atoms with Crippen molar-refractivity contribution in [3.05, 3.63) is 47.8 Å². The molecule has 2 heterocycles. The molecule has 3 rings (SSSR count). The van der Waals surface area contributed by atoms with Crippen LogP contribution in [-0.4, -0.2) is 55.7 Å². The molecule has 1 unspecified atom stereocenters. The highest BCUT2D eigenvalue weighted by atomic mass is 16.5. The van der Waals surface area contributed by atoms with Gasteiger partial charge in [0.25, 0.3) is 0 Å². The van der Waals surface area contributed by atoms with Crippen LogP contribution >= 0.6 is 0 Å². The van der Waals surface area contributed by atoms with Gasteiger partial charge in [0, 0.05) is 52.0 Å². The average molecular weight is 327 g/mol. The summed E-state index contributed by atoms with van der Waals surface area (Å²) in [5.74, 6) is 1.68.